The van der Waals surface area contributed by atoms with Crippen LogP contribution in [0.15, 0.2) is 18.2 Å². The van der Waals surface area contributed by atoms with E-state index in [1.807, 2.05) is 12.1 Å². The van der Waals surface area contributed by atoms with Crippen molar-refractivity contribution in [1.29, 1.82) is 0 Å². The van der Waals surface area contributed by atoms with Crippen molar-refractivity contribution in [1.82, 2.24) is 9.88 Å². The van der Waals surface area contributed by atoms with Crippen LogP contribution < -0.4 is 4.74 Å². The van der Waals surface area contributed by atoms with Gasteiger partial charge in [0.15, 0.2) is 0 Å². The second kappa shape index (κ2) is 7.84. The van der Waals surface area contributed by atoms with Crippen molar-refractivity contribution < 1.29 is 4.74 Å². The van der Waals surface area contributed by atoms with Gasteiger partial charge in [-0.05, 0) is 38.8 Å². The van der Waals surface area contributed by atoms with Gasteiger partial charge in [-0.3, -0.25) is 0 Å². The highest BCUT2D eigenvalue weighted by atomic mass is 35.5. The number of piperidine rings is 1. The molecule has 20 heavy (non-hydrogen) atoms. The van der Waals surface area contributed by atoms with Crippen molar-refractivity contribution >= 4 is 11.6 Å². The molecule has 1 aromatic rings. The van der Waals surface area contributed by atoms with Gasteiger partial charge in [-0.1, -0.05) is 37.4 Å². The smallest absolute Gasteiger partial charge is 0.214 e. The fourth-order valence-corrected chi connectivity index (χ4v) is 2.96. The van der Waals surface area contributed by atoms with Crippen molar-refractivity contribution in [2.24, 2.45) is 0 Å². The lowest BCUT2D eigenvalue weighted by Crippen LogP contribution is -2.44. The predicted octanol–water partition coefficient (Wildman–Crippen LogP) is 4.16. The van der Waals surface area contributed by atoms with E-state index in [4.69, 9.17) is 16.3 Å². The molecule has 2 rings (SSSR count). The Balaban J connectivity index is 1.80. The van der Waals surface area contributed by atoms with Gasteiger partial charge in [-0.25, -0.2) is 4.98 Å². The highest BCUT2D eigenvalue weighted by Crippen LogP contribution is 2.22. The monoisotopic (exact) mass is 296 g/mol. The van der Waals surface area contributed by atoms with Crippen LogP contribution in [0.3, 0.4) is 0 Å². The second-order valence-corrected chi connectivity index (χ2v) is 6.04. The largest absolute Gasteiger partial charge is 0.474 e. The molecule has 1 saturated heterocycles. The lowest BCUT2D eigenvalue weighted by atomic mass is 10.00. The molecule has 0 radical (unpaired) electrons. The van der Waals surface area contributed by atoms with Gasteiger partial charge < -0.3 is 9.64 Å². The molecular formula is C16H25ClN2O. The van der Waals surface area contributed by atoms with E-state index in [-0.39, 0.29) is 6.10 Å². The summed E-state index contributed by atoms with van der Waals surface area (Å²) in [5.74, 6) is 0.647. The third-order valence-electron chi connectivity index (χ3n) is 3.99. The number of halogens is 1. The van der Waals surface area contributed by atoms with E-state index in [0.29, 0.717) is 17.1 Å². The molecule has 1 fully saturated rings. The molecule has 0 aromatic carbocycles. The maximum atomic E-state index is 5.96. The zero-order valence-corrected chi connectivity index (χ0v) is 13.3. The van der Waals surface area contributed by atoms with Crippen LogP contribution in [0, 0.1) is 0 Å². The van der Waals surface area contributed by atoms with Crippen LogP contribution in [0.25, 0.3) is 0 Å². The molecule has 0 spiro atoms. The van der Waals surface area contributed by atoms with Crippen LogP contribution in [0.2, 0.25) is 5.15 Å². The number of ether oxygens (including phenoxy) is 1. The zero-order valence-electron chi connectivity index (χ0n) is 12.5. The molecular weight excluding hydrogens is 272 g/mol. The molecule has 0 bridgehead atoms. The summed E-state index contributed by atoms with van der Waals surface area (Å²) in [6, 6.07) is 6.12. The van der Waals surface area contributed by atoms with Gasteiger partial charge in [-0.2, -0.15) is 0 Å². The Morgan fingerprint density at radius 1 is 1.40 bits per heavy atom. The normalized spacial score (nSPS) is 23.8. The summed E-state index contributed by atoms with van der Waals surface area (Å²) in [5, 5.41) is 0.493. The first-order valence-corrected chi connectivity index (χ1v) is 8.10. The van der Waals surface area contributed by atoms with E-state index >= 15 is 0 Å². The molecule has 112 valence electrons. The third-order valence-corrected chi connectivity index (χ3v) is 4.20. The molecule has 2 unspecified atom stereocenters. The van der Waals surface area contributed by atoms with Crippen LogP contribution in [0.1, 0.15) is 46.0 Å². The van der Waals surface area contributed by atoms with Gasteiger partial charge in [0, 0.05) is 18.7 Å². The van der Waals surface area contributed by atoms with Crippen molar-refractivity contribution in [2.75, 3.05) is 13.1 Å². The summed E-state index contributed by atoms with van der Waals surface area (Å²) < 4.78 is 5.96. The molecule has 0 N–H and O–H groups in total. The molecule has 0 aliphatic carbocycles. The molecule has 3 nitrogen and oxygen atoms in total. The van der Waals surface area contributed by atoms with E-state index in [9.17, 15) is 0 Å². The number of nitrogens with zero attached hydrogens (tertiary/aromatic N) is 2. The van der Waals surface area contributed by atoms with Gasteiger partial charge in [-0.15, -0.1) is 0 Å². The number of pyridine rings is 1. The molecule has 2 atom stereocenters. The minimum absolute atomic E-state index is 0.262. The van der Waals surface area contributed by atoms with E-state index < -0.39 is 0 Å². The maximum absolute atomic E-state index is 5.96. The number of rotatable bonds is 6. The highest BCUT2D eigenvalue weighted by Gasteiger charge is 2.26. The Kier molecular flexibility index (Phi) is 6.11. The van der Waals surface area contributed by atoms with Crippen LogP contribution in [0.4, 0.5) is 0 Å². The first kappa shape index (κ1) is 15.6. The summed E-state index contributed by atoms with van der Waals surface area (Å²) in [5.41, 5.74) is 0. The number of unbranched alkanes of at least 4 members (excludes halogenated alkanes) is 2. The van der Waals surface area contributed by atoms with Gasteiger partial charge in [0.25, 0.3) is 0 Å². The Labute approximate surface area is 127 Å². The minimum Gasteiger partial charge on any atom is -0.474 e. The fraction of sp³-hybridized carbons (Fsp3) is 0.688. The lowest BCUT2D eigenvalue weighted by molar-refractivity contribution is 0.0596. The average molecular weight is 297 g/mol. The Bertz CT molecular complexity index is 413. The molecule has 1 aliphatic rings. The van der Waals surface area contributed by atoms with Crippen molar-refractivity contribution in [2.45, 2.75) is 58.1 Å². The van der Waals surface area contributed by atoms with Gasteiger partial charge in [0.2, 0.25) is 5.88 Å². The van der Waals surface area contributed by atoms with Gasteiger partial charge in [0.05, 0.1) is 0 Å². The van der Waals surface area contributed by atoms with Crippen LogP contribution >= 0.6 is 11.6 Å². The van der Waals surface area contributed by atoms with Crippen molar-refractivity contribution in [3.8, 4) is 5.88 Å². The number of hydrogen-bond acceptors (Lipinski definition) is 3. The maximum Gasteiger partial charge on any atom is 0.214 e. The average Bonchev–Trinajstić information content (AvgIpc) is 2.41. The quantitative estimate of drug-likeness (QED) is 0.582. The first-order chi connectivity index (χ1) is 9.69. The predicted molar refractivity (Wildman–Crippen MR) is 83.5 cm³/mol. The highest BCUT2D eigenvalue weighted by molar-refractivity contribution is 6.29. The summed E-state index contributed by atoms with van der Waals surface area (Å²) in [6.45, 7) is 6.89. The molecule has 1 aromatic heterocycles. The molecule has 4 heteroatoms. The zero-order chi connectivity index (χ0) is 14.4. The van der Waals surface area contributed by atoms with Crippen molar-refractivity contribution in [3.63, 3.8) is 0 Å². The summed E-state index contributed by atoms with van der Waals surface area (Å²) in [6.07, 6.45) is 6.33. The molecule has 0 amide bonds. The molecule has 0 saturated carbocycles. The van der Waals surface area contributed by atoms with Crippen LogP contribution in [-0.4, -0.2) is 35.1 Å². The SMILES string of the molecule is CCCCCN1CCC(Oc2cccc(Cl)n2)CC1C. The van der Waals surface area contributed by atoms with Crippen molar-refractivity contribution in [3.05, 3.63) is 23.4 Å². The Morgan fingerprint density at radius 2 is 2.25 bits per heavy atom. The topological polar surface area (TPSA) is 25.4 Å². The van der Waals surface area contributed by atoms with Crippen LogP contribution in [0.5, 0.6) is 5.88 Å². The van der Waals surface area contributed by atoms with Gasteiger partial charge in [0.1, 0.15) is 11.3 Å². The van der Waals surface area contributed by atoms with E-state index in [2.05, 4.69) is 23.7 Å². The minimum atomic E-state index is 0.262. The van der Waals surface area contributed by atoms with Gasteiger partial charge >= 0.3 is 0 Å². The Hall–Kier alpha value is -0.800. The standard InChI is InChI=1S/C16H25ClN2O/c1-3-4-5-10-19-11-9-14(12-13(19)2)20-16-8-6-7-15(17)18-16/h6-8,13-14H,3-5,9-12H2,1-2H3. The lowest BCUT2D eigenvalue weighted by Gasteiger charge is -2.37. The van der Waals surface area contributed by atoms with Crippen LogP contribution in [-0.2, 0) is 0 Å². The number of aromatic nitrogens is 1. The summed E-state index contributed by atoms with van der Waals surface area (Å²) >= 11 is 5.89. The summed E-state index contributed by atoms with van der Waals surface area (Å²) in [7, 11) is 0. The van der Waals surface area contributed by atoms with E-state index in [1.165, 1.54) is 25.8 Å². The summed E-state index contributed by atoms with van der Waals surface area (Å²) in [4.78, 5) is 6.79. The Morgan fingerprint density at radius 3 is 2.95 bits per heavy atom. The third kappa shape index (κ3) is 4.64. The second-order valence-electron chi connectivity index (χ2n) is 5.65. The van der Waals surface area contributed by atoms with E-state index in [1.54, 1.807) is 6.07 Å². The number of hydrogen-bond donors (Lipinski definition) is 0. The fourth-order valence-electron chi connectivity index (χ4n) is 2.81. The number of likely N-dealkylation sites (tertiary alicyclic amines) is 1. The first-order valence-electron chi connectivity index (χ1n) is 7.72. The molecule has 1 aliphatic heterocycles. The van der Waals surface area contributed by atoms with E-state index in [0.717, 1.165) is 19.4 Å². The molecule has 2 heterocycles.